The normalized spacial score (nSPS) is 13.1. The smallest absolute Gasteiger partial charge is 0.0327 e. The first-order valence-electron chi connectivity index (χ1n) is 5.19. The molecule has 1 aromatic heterocycles. The van der Waals surface area contributed by atoms with E-state index < -0.39 is 0 Å². The standard InChI is InChI=1S/C11H18BrNS/c1-3-4-5-9(2)13-8-11-10(12)6-7-14-11/h6-7,9,13H,3-5,8H2,1-2H3. The van der Waals surface area contributed by atoms with Crippen LogP contribution < -0.4 is 5.32 Å². The van der Waals surface area contributed by atoms with Gasteiger partial charge in [-0.3, -0.25) is 0 Å². The van der Waals surface area contributed by atoms with Crippen molar-refractivity contribution >= 4 is 27.3 Å². The first-order chi connectivity index (χ1) is 6.74. The van der Waals surface area contributed by atoms with Gasteiger partial charge in [0.1, 0.15) is 0 Å². The molecule has 1 N–H and O–H groups in total. The van der Waals surface area contributed by atoms with Gasteiger partial charge in [0.2, 0.25) is 0 Å². The number of rotatable bonds is 6. The lowest BCUT2D eigenvalue weighted by molar-refractivity contribution is 0.497. The fourth-order valence-corrected chi connectivity index (χ4v) is 2.77. The van der Waals surface area contributed by atoms with Crippen molar-refractivity contribution in [2.75, 3.05) is 0 Å². The maximum absolute atomic E-state index is 3.54. The van der Waals surface area contributed by atoms with E-state index >= 15 is 0 Å². The van der Waals surface area contributed by atoms with Gasteiger partial charge in [-0.25, -0.2) is 0 Å². The zero-order chi connectivity index (χ0) is 10.4. The minimum Gasteiger partial charge on any atom is -0.309 e. The molecule has 14 heavy (non-hydrogen) atoms. The fourth-order valence-electron chi connectivity index (χ4n) is 1.33. The molecule has 0 aliphatic carbocycles. The van der Waals surface area contributed by atoms with Crippen LogP contribution in [-0.4, -0.2) is 6.04 Å². The van der Waals surface area contributed by atoms with Crippen molar-refractivity contribution in [3.8, 4) is 0 Å². The van der Waals surface area contributed by atoms with Gasteiger partial charge >= 0.3 is 0 Å². The first-order valence-corrected chi connectivity index (χ1v) is 6.86. The topological polar surface area (TPSA) is 12.0 Å². The summed E-state index contributed by atoms with van der Waals surface area (Å²) in [7, 11) is 0. The van der Waals surface area contributed by atoms with E-state index in [0.717, 1.165) is 6.54 Å². The highest BCUT2D eigenvalue weighted by Crippen LogP contribution is 2.22. The molecule has 0 aliphatic rings. The molecule has 0 bridgehead atoms. The Bertz CT molecular complexity index is 260. The van der Waals surface area contributed by atoms with Crippen LogP contribution in [0.25, 0.3) is 0 Å². The highest BCUT2D eigenvalue weighted by atomic mass is 79.9. The van der Waals surface area contributed by atoms with Gasteiger partial charge in [0.05, 0.1) is 0 Å². The molecular weight excluding hydrogens is 258 g/mol. The van der Waals surface area contributed by atoms with E-state index in [0.29, 0.717) is 6.04 Å². The van der Waals surface area contributed by atoms with Gasteiger partial charge in [-0.2, -0.15) is 0 Å². The van der Waals surface area contributed by atoms with Crippen LogP contribution in [0.3, 0.4) is 0 Å². The van der Waals surface area contributed by atoms with Crippen LogP contribution in [0.1, 0.15) is 38.0 Å². The summed E-state index contributed by atoms with van der Waals surface area (Å²) in [6.07, 6.45) is 3.88. The van der Waals surface area contributed by atoms with Gasteiger partial charge in [0, 0.05) is 21.9 Å². The minimum absolute atomic E-state index is 0.629. The molecule has 0 amide bonds. The highest BCUT2D eigenvalue weighted by molar-refractivity contribution is 9.10. The zero-order valence-corrected chi connectivity index (χ0v) is 11.2. The maximum atomic E-state index is 3.54. The second-order valence-corrected chi connectivity index (χ2v) is 5.47. The van der Waals surface area contributed by atoms with Gasteiger partial charge < -0.3 is 5.32 Å². The molecular formula is C11H18BrNS. The van der Waals surface area contributed by atoms with Gasteiger partial charge in [0.15, 0.2) is 0 Å². The predicted octanol–water partition coefficient (Wildman–Crippen LogP) is 4.18. The molecule has 0 aromatic carbocycles. The maximum Gasteiger partial charge on any atom is 0.0327 e. The van der Waals surface area contributed by atoms with Gasteiger partial charge in [-0.05, 0) is 40.7 Å². The van der Waals surface area contributed by atoms with Crippen molar-refractivity contribution in [1.82, 2.24) is 5.32 Å². The third-order valence-corrected chi connectivity index (χ3v) is 4.22. The van der Waals surface area contributed by atoms with Crippen LogP contribution in [-0.2, 0) is 6.54 Å². The van der Waals surface area contributed by atoms with Gasteiger partial charge in [-0.1, -0.05) is 19.8 Å². The molecule has 0 fully saturated rings. The zero-order valence-electron chi connectivity index (χ0n) is 8.85. The lowest BCUT2D eigenvalue weighted by Crippen LogP contribution is -2.24. The molecule has 0 saturated carbocycles. The molecule has 1 heterocycles. The molecule has 0 spiro atoms. The third-order valence-electron chi connectivity index (χ3n) is 2.29. The van der Waals surface area contributed by atoms with E-state index in [9.17, 15) is 0 Å². The van der Waals surface area contributed by atoms with Crippen molar-refractivity contribution in [3.05, 3.63) is 20.8 Å². The Morgan fingerprint density at radius 1 is 1.57 bits per heavy atom. The second kappa shape index (κ2) is 6.59. The number of nitrogens with one attached hydrogen (secondary N) is 1. The SMILES string of the molecule is CCCCC(C)NCc1sccc1Br. The molecule has 1 rings (SSSR count). The monoisotopic (exact) mass is 275 g/mol. The number of halogens is 1. The molecule has 80 valence electrons. The Morgan fingerprint density at radius 3 is 2.93 bits per heavy atom. The number of thiophene rings is 1. The van der Waals surface area contributed by atoms with Gasteiger partial charge in [0.25, 0.3) is 0 Å². The van der Waals surface area contributed by atoms with Crippen molar-refractivity contribution in [1.29, 1.82) is 0 Å². The van der Waals surface area contributed by atoms with Crippen LogP contribution in [0.15, 0.2) is 15.9 Å². The lowest BCUT2D eigenvalue weighted by Gasteiger charge is -2.12. The summed E-state index contributed by atoms with van der Waals surface area (Å²) in [6, 6.07) is 2.74. The quantitative estimate of drug-likeness (QED) is 0.822. The molecule has 0 saturated heterocycles. The van der Waals surface area contributed by atoms with Crippen molar-refractivity contribution in [3.63, 3.8) is 0 Å². The van der Waals surface area contributed by atoms with Crippen LogP contribution >= 0.6 is 27.3 Å². The summed E-state index contributed by atoms with van der Waals surface area (Å²) in [4.78, 5) is 1.40. The van der Waals surface area contributed by atoms with Crippen LogP contribution in [0.5, 0.6) is 0 Å². The van der Waals surface area contributed by atoms with E-state index in [1.54, 1.807) is 11.3 Å². The van der Waals surface area contributed by atoms with Crippen molar-refractivity contribution in [2.24, 2.45) is 0 Å². The minimum atomic E-state index is 0.629. The Balaban J connectivity index is 2.23. The van der Waals surface area contributed by atoms with Crippen molar-refractivity contribution < 1.29 is 0 Å². The summed E-state index contributed by atoms with van der Waals surface area (Å²) in [6.45, 7) is 5.49. The lowest BCUT2D eigenvalue weighted by atomic mass is 10.1. The van der Waals surface area contributed by atoms with E-state index in [1.807, 2.05) is 0 Å². The summed E-state index contributed by atoms with van der Waals surface area (Å²) in [5, 5.41) is 5.66. The van der Waals surface area contributed by atoms with E-state index in [2.05, 4.69) is 46.5 Å². The van der Waals surface area contributed by atoms with Crippen LogP contribution in [0.2, 0.25) is 0 Å². The molecule has 1 unspecified atom stereocenters. The fraction of sp³-hybridized carbons (Fsp3) is 0.636. The largest absolute Gasteiger partial charge is 0.309 e. The summed E-state index contributed by atoms with van der Waals surface area (Å²) in [5.41, 5.74) is 0. The first kappa shape index (κ1) is 12.2. The van der Waals surface area contributed by atoms with E-state index in [1.165, 1.54) is 28.6 Å². The number of hydrogen-bond donors (Lipinski definition) is 1. The number of hydrogen-bond acceptors (Lipinski definition) is 2. The molecule has 1 aromatic rings. The highest BCUT2D eigenvalue weighted by Gasteiger charge is 2.04. The molecule has 1 atom stereocenters. The molecule has 3 heteroatoms. The van der Waals surface area contributed by atoms with Crippen LogP contribution in [0, 0.1) is 0 Å². The third kappa shape index (κ3) is 4.11. The van der Waals surface area contributed by atoms with E-state index in [4.69, 9.17) is 0 Å². The molecule has 1 nitrogen and oxygen atoms in total. The summed E-state index contributed by atoms with van der Waals surface area (Å²) < 4.78 is 1.23. The van der Waals surface area contributed by atoms with E-state index in [-0.39, 0.29) is 0 Å². The Morgan fingerprint density at radius 2 is 2.36 bits per heavy atom. The number of unbranched alkanes of at least 4 members (excludes halogenated alkanes) is 1. The summed E-state index contributed by atoms with van der Waals surface area (Å²) in [5.74, 6) is 0. The predicted molar refractivity (Wildman–Crippen MR) is 67.8 cm³/mol. The summed E-state index contributed by atoms with van der Waals surface area (Å²) >= 11 is 5.35. The van der Waals surface area contributed by atoms with Crippen LogP contribution in [0.4, 0.5) is 0 Å². The van der Waals surface area contributed by atoms with Gasteiger partial charge in [-0.15, -0.1) is 11.3 Å². The Labute approximate surface area is 99.0 Å². The Hall–Kier alpha value is 0.140. The van der Waals surface area contributed by atoms with Crippen molar-refractivity contribution in [2.45, 2.75) is 45.7 Å². The second-order valence-electron chi connectivity index (χ2n) is 3.62. The Kier molecular flexibility index (Phi) is 5.75. The average Bonchev–Trinajstić information content (AvgIpc) is 2.58. The average molecular weight is 276 g/mol. The molecule has 0 aliphatic heterocycles. The molecule has 0 radical (unpaired) electrons.